The van der Waals surface area contributed by atoms with Gasteiger partial charge in [-0.25, -0.2) is 4.98 Å². The van der Waals surface area contributed by atoms with Gasteiger partial charge in [0.25, 0.3) is 0 Å². The van der Waals surface area contributed by atoms with Gasteiger partial charge in [-0.2, -0.15) is 0 Å². The maximum absolute atomic E-state index is 8.51. The summed E-state index contributed by atoms with van der Waals surface area (Å²) in [5, 5.41) is 8.96. The molecule has 0 radical (unpaired) electrons. The molecule has 0 atom stereocenters. The second-order valence-corrected chi connectivity index (χ2v) is 5.78. The maximum atomic E-state index is 8.51. The van der Waals surface area contributed by atoms with Crippen LogP contribution < -0.4 is 4.74 Å². The molecule has 1 rings (SSSR count). The van der Waals surface area contributed by atoms with Crippen LogP contribution in [0, 0.1) is 0 Å². The van der Waals surface area contributed by atoms with E-state index in [4.69, 9.17) is 40.4 Å². The molecule has 1 heterocycles. The van der Waals surface area contributed by atoms with Crippen LogP contribution in [0.5, 0.6) is 5.88 Å². The standard InChI is InChI=1S/C15H23BrClNO6/c16-13-11-14(17)15(18-12-13)24-10-9-23-8-7-22-6-5-21-4-3-20-2-1-19/h11-12,19H,1-10H2. The summed E-state index contributed by atoms with van der Waals surface area (Å²) < 4.78 is 27.3. The van der Waals surface area contributed by atoms with Gasteiger partial charge >= 0.3 is 0 Å². The fourth-order valence-corrected chi connectivity index (χ4v) is 2.22. The molecule has 0 unspecified atom stereocenters. The minimum absolute atomic E-state index is 0.0286. The highest BCUT2D eigenvalue weighted by Crippen LogP contribution is 2.24. The molecule has 1 aromatic rings. The van der Waals surface area contributed by atoms with Crippen LogP contribution in [0.4, 0.5) is 0 Å². The van der Waals surface area contributed by atoms with Crippen LogP contribution in [0.15, 0.2) is 16.7 Å². The number of hydrogen-bond acceptors (Lipinski definition) is 7. The highest BCUT2D eigenvalue weighted by molar-refractivity contribution is 9.10. The first-order chi connectivity index (χ1) is 11.7. The Morgan fingerprint density at radius 2 is 1.38 bits per heavy atom. The van der Waals surface area contributed by atoms with E-state index in [9.17, 15) is 0 Å². The van der Waals surface area contributed by atoms with E-state index in [0.29, 0.717) is 70.4 Å². The first-order valence-electron chi connectivity index (χ1n) is 7.59. The van der Waals surface area contributed by atoms with Crippen LogP contribution in [0.2, 0.25) is 5.02 Å². The lowest BCUT2D eigenvalue weighted by atomic mass is 10.5. The van der Waals surface area contributed by atoms with Crippen LogP contribution >= 0.6 is 27.5 Å². The van der Waals surface area contributed by atoms with Gasteiger partial charge < -0.3 is 28.8 Å². The van der Waals surface area contributed by atoms with Crippen molar-refractivity contribution in [3.8, 4) is 5.88 Å². The molecule has 0 aliphatic carbocycles. The monoisotopic (exact) mass is 427 g/mol. The van der Waals surface area contributed by atoms with Crippen molar-refractivity contribution in [3.05, 3.63) is 21.8 Å². The van der Waals surface area contributed by atoms with Crippen LogP contribution in [0.1, 0.15) is 0 Å². The lowest BCUT2D eigenvalue weighted by Crippen LogP contribution is -2.14. The Morgan fingerprint density at radius 1 is 0.875 bits per heavy atom. The van der Waals surface area contributed by atoms with E-state index in [1.165, 1.54) is 0 Å². The van der Waals surface area contributed by atoms with Gasteiger partial charge in [0.1, 0.15) is 11.6 Å². The molecule has 1 aromatic heterocycles. The highest BCUT2D eigenvalue weighted by Gasteiger charge is 2.03. The third-order valence-corrected chi connectivity index (χ3v) is 3.30. The van der Waals surface area contributed by atoms with Gasteiger partial charge in [0.05, 0.1) is 59.5 Å². The fraction of sp³-hybridized carbons (Fsp3) is 0.667. The number of halogens is 2. The molecule has 9 heteroatoms. The van der Waals surface area contributed by atoms with Crippen LogP contribution in [0.25, 0.3) is 0 Å². The first kappa shape index (κ1) is 21.6. The van der Waals surface area contributed by atoms with Crippen LogP contribution in [0.3, 0.4) is 0 Å². The number of aliphatic hydroxyl groups excluding tert-OH is 1. The topological polar surface area (TPSA) is 79.3 Å². The number of ether oxygens (including phenoxy) is 5. The van der Waals surface area contributed by atoms with Crippen molar-refractivity contribution in [1.82, 2.24) is 4.98 Å². The number of aliphatic hydroxyl groups is 1. The van der Waals surface area contributed by atoms with Crippen molar-refractivity contribution in [2.45, 2.75) is 0 Å². The largest absolute Gasteiger partial charge is 0.474 e. The number of hydrogen-bond donors (Lipinski definition) is 1. The molecule has 138 valence electrons. The quantitative estimate of drug-likeness (QED) is 0.428. The summed E-state index contributed by atoms with van der Waals surface area (Å²) in [6.45, 7) is 4.09. The minimum Gasteiger partial charge on any atom is -0.474 e. The maximum Gasteiger partial charge on any atom is 0.232 e. The summed E-state index contributed by atoms with van der Waals surface area (Å²) in [6.07, 6.45) is 1.62. The number of pyridine rings is 1. The summed E-state index contributed by atoms with van der Waals surface area (Å²) in [5.74, 6) is 0.389. The van der Waals surface area contributed by atoms with Crippen molar-refractivity contribution in [2.75, 3.05) is 66.1 Å². The van der Waals surface area contributed by atoms with Crippen molar-refractivity contribution >= 4 is 27.5 Å². The normalized spacial score (nSPS) is 11.0. The molecule has 0 aromatic carbocycles. The van der Waals surface area contributed by atoms with E-state index in [0.717, 1.165) is 4.47 Å². The second kappa shape index (κ2) is 14.8. The summed E-state index contributed by atoms with van der Waals surface area (Å²) in [4.78, 5) is 4.06. The van der Waals surface area contributed by atoms with Gasteiger partial charge in [-0.3, -0.25) is 0 Å². The molecule has 0 saturated carbocycles. The second-order valence-electron chi connectivity index (χ2n) is 4.46. The third kappa shape index (κ3) is 11.1. The third-order valence-electron chi connectivity index (χ3n) is 2.59. The number of rotatable bonds is 15. The predicted octanol–water partition coefficient (Wildman–Crippen LogP) is 1.93. The zero-order chi connectivity index (χ0) is 17.5. The molecule has 0 amide bonds. The van der Waals surface area contributed by atoms with Crippen LogP contribution in [-0.4, -0.2) is 76.2 Å². The number of aromatic nitrogens is 1. The molecule has 0 bridgehead atoms. The molecular formula is C15H23BrClNO6. The number of nitrogens with zero attached hydrogens (tertiary/aromatic N) is 1. The average Bonchev–Trinajstić information content (AvgIpc) is 2.57. The molecule has 1 N–H and O–H groups in total. The smallest absolute Gasteiger partial charge is 0.232 e. The van der Waals surface area contributed by atoms with Crippen molar-refractivity contribution in [2.24, 2.45) is 0 Å². The molecule has 0 fully saturated rings. The van der Waals surface area contributed by atoms with E-state index >= 15 is 0 Å². The van der Waals surface area contributed by atoms with Gasteiger partial charge in [-0.1, -0.05) is 11.6 Å². The molecule has 0 aliphatic rings. The molecule has 0 aliphatic heterocycles. The molecule has 7 nitrogen and oxygen atoms in total. The van der Waals surface area contributed by atoms with Gasteiger partial charge in [0.2, 0.25) is 5.88 Å². The van der Waals surface area contributed by atoms with Gasteiger partial charge in [-0.05, 0) is 22.0 Å². The molecule has 24 heavy (non-hydrogen) atoms. The zero-order valence-electron chi connectivity index (χ0n) is 13.4. The summed E-state index contributed by atoms with van der Waals surface area (Å²) >= 11 is 9.26. The van der Waals surface area contributed by atoms with E-state index in [1.54, 1.807) is 12.3 Å². The summed E-state index contributed by atoms with van der Waals surface area (Å²) in [5.41, 5.74) is 0. The predicted molar refractivity (Wildman–Crippen MR) is 92.8 cm³/mol. The highest BCUT2D eigenvalue weighted by atomic mass is 79.9. The Labute approximate surface area is 155 Å². The molecule has 0 saturated heterocycles. The van der Waals surface area contributed by atoms with Crippen molar-refractivity contribution < 1.29 is 28.8 Å². The van der Waals surface area contributed by atoms with Gasteiger partial charge in [0, 0.05) is 10.7 Å². The Morgan fingerprint density at radius 3 is 1.88 bits per heavy atom. The SMILES string of the molecule is OCCOCCOCCOCCOCCOc1ncc(Br)cc1Cl. The Hall–Kier alpha value is -0.480. The van der Waals surface area contributed by atoms with E-state index in [2.05, 4.69) is 20.9 Å². The van der Waals surface area contributed by atoms with E-state index < -0.39 is 0 Å². The first-order valence-corrected chi connectivity index (χ1v) is 8.77. The van der Waals surface area contributed by atoms with E-state index in [-0.39, 0.29) is 6.61 Å². The summed E-state index contributed by atoms with van der Waals surface area (Å²) in [7, 11) is 0. The van der Waals surface area contributed by atoms with Crippen molar-refractivity contribution in [1.29, 1.82) is 0 Å². The van der Waals surface area contributed by atoms with E-state index in [1.807, 2.05) is 0 Å². The van der Waals surface area contributed by atoms with Gasteiger partial charge in [0.15, 0.2) is 0 Å². The Bertz CT molecular complexity index is 440. The lowest BCUT2D eigenvalue weighted by Gasteiger charge is -2.08. The molecular weight excluding hydrogens is 406 g/mol. The Balaban J connectivity index is 1.84. The minimum atomic E-state index is 0.0286. The summed E-state index contributed by atoms with van der Waals surface area (Å²) in [6, 6.07) is 1.72. The Kier molecular flexibility index (Phi) is 13.3. The lowest BCUT2D eigenvalue weighted by molar-refractivity contribution is -0.00789. The van der Waals surface area contributed by atoms with Crippen molar-refractivity contribution in [3.63, 3.8) is 0 Å². The zero-order valence-corrected chi connectivity index (χ0v) is 15.8. The average molecular weight is 429 g/mol. The molecule has 0 spiro atoms. The van der Waals surface area contributed by atoms with Gasteiger partial charge in [-0.15, -0.1) is 0 Å². The fourth-order valence-electron chi connectivity index (χ4n) is 1.53. The van der Waals surface area contributed by atoms with Crippen LogP contribution in [-0.2, 0) is 18.9 Å².